The molecule has 6 amide bonds. The lowest BCUT2D eigenvalue weighted by atomic mass is 10.0. The van der Waals surface area contributed by atoms with Gasteiger partial charge in [0.05, 0.1) is 32.7 Å². The van der Waals surface area contributed by atoms with Crippen LogP contribution in [0.15, 0.2) is 54.6 Å². The summed E-state index contributed by atoms with van der Waals surface area (Å²) in [4.78, 5) is 90.9. The highest BCUT2D eigenvalue weighted by Crippen LogP contribution is 2.16. The largest absolute Gasteiger partial charge is 0.493 e. The Morgan fingerprint density at radius 3 is 1.93 bits per heavy atom. The SMILES string of the molecule is C1CCCCC1.CCC.CCCC(C(=O)NCC(=O)C(=O)NCC(=O)NC(C(=O)N(C)C)c1ccccc1)N(C)C(=O)CNC(=O)Cc1cccc(OCCCOC)c1. The van der Waals surface area contributed by atoms with Crippen LogP contribution < -0.4 is 26.0 Å². The molecule has 0 saturated heterocycles. The maximum atomic E-state index is 13.0. The minimum absolute atomic E-state index is 0.0127. The van der Waals surface area contributed by atoms with E-state index in [4.69, 9.17) is 9.47 Å². The first kappa shape index (κ1) is 51.7. The molecule has 2 aromatic rings. The Labute approximate surface area is 350 Å². The van der Waals surface area contributed by atoms with Crippen LogP contribution in [0.2, 0.25) is 0 Å². The summed E-state index contributed by atoms with van der Waals surface area (Å²) in [6, 6.07) is 13.6. The third kappa shape index (κ3) is 21.9. The van der Waals surface area contributed by atoms with E-state index in [0.29, 0.717) is 36.5 Å². The molecule has 2 unspecified atom stereocenters. The molecule has 0 spiro atoms. The first-order valence-electron chi connectivity index (χ1n) is 20.7. The van der Waals surface area contributed by atoms with Gasteiger partial charge in [0.2, 0.25) is 35.3 Å². The second-order valence-electron chi connectivity index (χ2n) is 14.4. The molecule has 1 fully saturated rings. The Bertz CT molecular complexity index is 1570. The highest BCUT2D eigenvalue weighted by Gasteiger charge is 2.28. The van der Waals surface area contributed by atoms with Crippen molar-refractivity contribution in [3.05, 3.63) is 65.7 Å². The van der Waals surface area contributed by atoms with E-state index in [0.717, 1.165) is 6.42 Å². The maximum Gasteiger partial charge on any atom is 0.289 e. The number of carbonyl (C=O) groups excluding carboxylic acids is 7. The zero-order valence-electron chi connectivity index (χ0n) is 36.2. The average molecular weight is 825 g/mol. The summed E-state index contributed by atoms with van der Waals surface area (Å²) in [6.07, 6.45) is 11.8. The fourth-order valence-corrected chi connectivity index (χ4v) is 5.72. The van der Waals surface area contributed by atoms with E-state index in [1.807, 2.05) is 6.92 Å². The molecule has 2 aromatic carbocycles. The third-order valence-electron chi connectivity index (χ3n) is 8.90. The number of hydrogen-bond acceptors (Lipinski definition) is 9. The van der Waals surface area contributed by atoms with Gasteiger partial charge in [-0.1, -0.05) is 115 Å². The van der Waals surface area contributed by atoms with E-state index >= 15 is 0 Å². The standard InChI is InChI=1S/C35H48N6O9.C6H12.C3H8/c1-6-12-27(41(4)31(45)23-36-29(43)20-24-13-10-16-26(19-24)50-18-11-17-49-5)33(46)37-21-28(42)34(47)38-22-30(44)39-32(35(48)40(2)3)25-14-8-7-9-15-25;1-2-4-6-5-3-1;1-3-2/h7-10,13-16,19,27,32H,6,11-12,17-18,20-23H2,1-5H3,(H,36,43)(H,37,46)(H,38,47)(H,39,44);1-6H2;3H2,1-2H3. The summed E-state index contributed by atoms with van der Waals surface area (Å²) < 4.78 is 10.7. The van der Waals surface area contributed by atoms with Crippen molar-refractivity contribution in [2.24, 2.45) is 0 Å². The van der Waals surface area contributed by atoms with E-state index < -0.39 is 60.5 Å². The first-order chi connectivity index (χ1) is 28.3. The first-order valence-corrected chi connectivity index (χ1v) is 20.7. The van der Waals surface area contributed by atoms with Crippen molar-refractivity contribution in [1.82, 2.24) is 31.1 Å². The topological polar surface area (TPSA) is 193 Å². The van der Waals surface area contributed by atoms with E-state index in [1.165, 1.54) is 61.8 Å². The van der Waals surface area contributed by atoms with Crippen molar-refractivity contribution < 1.29 is 43.0 Å². The number of hydrogen-bond donors (Lipinski definition) is 4. The van der Waals surface area contributed by atoms with Crippen LogP contribution in [0, 0.1) is 0 Å². The maximum absolute atomic E-state index is 13.0. The lowest BCUT2D eigenvalue weighted by Crippen LogP contribution is -2.52. The summed E-state index contributed by atoms with van der Waals surface area (Å²) in [5.74, 6) is -4.20. The van der Waals surface area contributed by atoms with Gasteiger partial charge < -0.3 is 40.5 Å². The van der Waals surface area contributed by atoms with Gasteiger partial charge in [-0.3, -0.25) is 33.6 Å². The van der Waals surface area contributed by atoms with Crippen molar-refractivity contribution in [3.8, 4) is 5.75 Å². The molecule has 2 atom stereocenters. The minimum Gasteiger partial charge on any atom is -0.493 e. The van der Waals surface area contributed by atoms with Gasteiger partial charge >= 0.3 is 0 Å². The molecule has 0 bridgehead atoms. The molecule has 59 heavy (non-hydrogen) atoms. The number of methoxy groups -OCH3 is 1. The molecule has 0 heterocycles. The molecule has 4 N–H and O–H groups in total. The van der Waals surface area contributed by atoms with Crippen LogP contribution in [0.1, 0.15) is 102 Å². The van der Waals surface area contributed by atoms with Gasteiger partial charge in [-0.25, -0.2) is 0 Å². The summed E-state index contributed by atoms with van der Waals surface area (Å²) >= 11 is 0. The number of carbonyl (C=O) groups is 7. The van der Waals surface area contributed by atoms with E-state index in [1.54, 1.807) is 75.8 Å². The molecule has 15 nitrogen and oxygen atoms in total. The molecule has 15 heteroatoms. The van der Waals surface area contributed by atoms with Crippen LogP contribution >= 0.6 is 0 Å². The number of benzene rings is 2. The number of likely N-dealkylation sites (N-methyl/N-ethyl adjacent to an activating group) is 2. The Kier molecular flexibility index (Phi) is 26.9. The van der Waals surface area contributed by atoms with Crippen LogP contribution in [0.3, 0.4) is 0 Å². The predicted molar refractivity (Wildman–Crippen MR) is 227 cm³/mol. The van der Waals surface area contributed by atoms with Gasteiger partial charge in [0.15, 0.2) is 0 Å². The van der Waals surface area contributed by atoms with Gasteiger partial charge in [-0.15, -0.1) is 0 Å². The second kappa shape index (κ2) is 30.7. The molecular formula is C44H68N6O9. The van der Waals surface area contributed by atoms with Crippen molar-refractivity contribution >= 4 is 41.2 Å². The van der Waals surface area contributed by atoms with Crippen molar-refractivity contribution in [3.63, 3.8) is 0 Å². The third-order valence-corrected chi connectivity index (χ3v) is 8.90. The second-order valence-corrected chi connectivity index (χ2v) is 14.4. The summed E-state index contributed by atoms with van der Waals surface area (Å²) in [6.45, 7) is 5.49. The zero-order valence-corrected chi connectivity index (χ0v) is 36.2. The van der Waals surface area contributed by atoms with Crippen LogP contribution in [0.5, 0.6) is 5.75 Å². The Balaban J connectivity index is 0.00000172. The highest BCUT2D eigenvalue weighted by atomic mass is 16.5. The number of rotatable bonds is 21. The van der Waals surface area contributed by atoms with Crippen molar-refractivity contribution in [2.75, 3.05) is 61.1 Å². The molecule has 0 aromatic heterocycles. The molecule has 1 saturated carbocycles. The summed E-state index contributed by atoms with van der Waals surface area (Å²) in [7, 11) is 6.11. The van der Waals surface area contributed by atoms with Crippen LogP contribution in [0.25, 0.3) is 0 Å². The smallest absolute Gasteiger partial charge is 0.289 e. The quantitative estimate of drug-likeness (QED) is 0.107. The number of amides is 6. The molecule has 1 aliphatic rings. The van der Waals surface area contributed by atoms with E-state index in [-0.39, 0.29) is 25.3 Å². The van der Waals surface area contributed by atoms with E-state index in [9.17, 15) is 33.6 Å². The molecule has 328 valence electrons. The monoisotopic (exact) mass is 825 g/mol. The summed E-state index contributed by atoms with van der Waals surface area (Å²) in [5, 5.41) is 9.69. The van der Waals surface area contributed by atoms with Crippen LogP contribution in [-0.4, -0.2) is 118 Å². The van der Waals surface area contributed by atoms with Crippen molar-refractivity contribution in [2.45, 2.75) is 103 Å². The Morgan fingerprint density at radius 2 is 1.36 bits per heavy atom. The summed E-state index contributed by atoms with van der Waals surface area (Å²) in [5.41, 5.74) is 1.24. The lowest BCUT2D eigenvalue weighted by molar-refractivity contribution is -0.141. The Morgan fingerprint density at radius 1 is 0.729 bits per heavy atom. The number of Topliss-reactive ketones (excluding diaryl/α,β-unsaturated/α-hetero) is 1. The highest BCUT2D eigenvalue weighted by molar-refractivity contribution is 6.37. The van der Waals surface area contributed by atoms with Crippen LogP contribution in [0.4, 0.5) is 0 Å². The number of nitrogens with zero attached hydrogens (tertiary/aromatic N) is 2. The van der Waals surface area contributed by atoms with Gasteiger partial charge in [0.25, 0.3) is 5.91 Å². The number of ether oxygens (including phenoxy) is 2. The van der Waals surface area contributed by atoms with E-state index in [2.05, 4.69) is 35.1 Å². The number of nitrogens with one attached hydrogen (secondary N) is 4. The molecular weight excluding hydrogens is 757 g/mol. The molecule has 0 aliphatic heterocycles. The number of ketones is 1. The molecule has 1 aliphatic carbocycles. The predicted octanol–water partition coefficient (Wildman–Crippen LogP) is 3.89. The Hall–Kier alpha value is -5.31. The minimum atomic E-state index is -1.11. The van der Waals surface area contributed by atoms with Gasteiger partial charge in [-0.05, 0) is 29.7 Å². The normalized spacial score (nSPS) is 12.7. The van der Waals surface area contributed by atoms with Gasteiger partial charge in [0, 0.05) is 41.3 Å². The fourth-order valence-electron chi connectivity index (χ4n) is 5.72. The van der Waals surface area contributed by atoms with Crippen LogP contribution in [-0.2, 0) is 44.7 Å². The van der Waals surface area contributed by atoms with Gasteiger partial charge in [0.1, 0.15) is 17.8 Å². The molecule has 0 radical (unpaired) electrons. The zero-order chi connectivity index (χ0) is 44.0. The lowest BCUT2D eigenvalue weighted by Gasteiger charge is -2.27. The fraction of sp³-hybridized carbons (Fsp3) is 0.568. The molecule has 3 rings (SSSR count). The average Bonchev–Trinajstić information content (AvgIpc) is 3.24. The van der Waals surface area contributed by atoms with Gasteiger partial charge in [-0.2, -0.15) is 0 Å². The van der Waals surface area contributed by atoms with Crippen molar-refractivity contribution in [1.29, 1.82) is 0 Å².